The second-order valence-electron chi connectivity index (χ2n) is 9.26. The van der Waals surface area contributed by atoms with Gasteiger partial charge in [0.1, 0.15) is 5.75 Å². The number of nitrogens with one attached hydrogen (secondary N) is 2. The van der Waals surface area contributed by atoms with Gasteiger partial charge in [-0.25, -0.2) is 8.42 Å². The Morgan fingerprint density at radius 1 is 1.12 bits per heavy atom. The quantitative estimate of drug-likeness (QED) is 0.668. The molecule has 2 fully saturated rings. The lowest BCUT2D eigenvalue weighted by molar-refractivity contribution is -0.127. The maximum atomic E-state index is 13.5. The smallest absolute Gasteiger partial charge is 0.265 e. The minimum absolute atomic E-state index is 0.0289. The van der Waals surface area contributed by atoms with Crippen LogP contribution in [0, 0.1) is 12.8 Å². The lowest BCUT2D eigenvalue weighted by Crippen LogP contribution is -2.47. The van der Waals surface area contributed by atoms with Crippen molar-refractivity contribution < 1.29 is 22.7 Å². The molecular weight excluding hydrogens is 430 g/mol. The molecule has 2 N–H and O–H groups in total. The van der Waals surface area contributed by atoms with Crippen molar-refractivity contribution in [3.8, 4) is 5.75 Å². The van der Waals surface area contributed by atoms with Gasteiger partial charge in [-0.3, -0.25) is 9.59 Å². The third-order valence-corrected chi connectivity index (χ3v) is 8.79. The highest BCUT2D eigenvalue weighted by molar-refractivity contribution is 7.89. The summed E-state index contributed by atoms with van der Waals surface area (Å²) in [4.78, 5) is 24.9. The highest BCUT2D eigenvalue weighted by Crippen LogP contribution is 2.36. The van der Waals surface area contributed by atoms with Gasteiger partial charge in [0.05, 0.1) is 16.5 Å². The molecule has 1 aliphatic carbocycles. The molecule has 2 amide bonds. The Morgan fingerprint density at radius 2 is 1.84 bits per heavy atom. The number of benzene rings is 1. The number of fused-ring (bicyclic) bond motifs is 1. The number of sulfonamides is 1. The van der Waals surface area contributed by atoms with E-state index in [-0.39, 0.29) is 35.2 Å². The second kappa shape index (κ2) is 9.39. The van der Waals surface area contributed by atoms with Gasteiger partial charge in [0.15, 0.2) is 6.10 Å². The van der Waals surface area contributed by atoms with Gasteiger partial charge in [-0.15, -0.1) is 0 Å². The number of rotatable bonds is 4. The zero-order valence-corrected chi connectivity index (χ0v) is 19.7. The molecule has 176 valence electrons. The van der Waals surface area contributed by atoms with Crippen LogP contribution in [0.2, 0.25) is 0 Å². The van der Waals surface area contributed by atoms with Crippen molar-refractivity contribution in [3.63, 3.8) is 0 Å². The summed E-state index contributed by atoms with van der Waals surface area (Å²) in [5.74, 6) is -0.277. The predicted octanol–water partition coefficient (Wildman–Crippen LogP) is 2.95. The number of aryl methyl sites for hydroxylation is 1. The Bertz CT molecular complexity index is 986. The molecule has 4 rings (SSSR count). The summed E-state index contributed by atoms with van der Waals surface area (Å²) in [6.07, 6.45) is 7.36. The molecule has 0 bridgehead atoms. The number of carbonyl (C=O) groups excluding carboxylic acids is 2. The van der Waals surface area contributed by atoms with Crippen LogP contribution in [0.4, 0.5) is 5.69 Å². The average Bonchev–Trinajstić information content (AvgIpc) is 3.03. The normalized spacial score (nSPS) is 25.2. The molecule has 8 nitrogen and oxygen atoms in total. The van der Waals surface area contributed by atoms with Crippen LogP contribution in [0.5, 0.6) is 5.75 Å². The zero-order chi connectivity index (χ0) is 22.9. The largest absolute Gasteiger partial charge is 0.479 e. The molecule has 9 heteroatoms. The van der Waals surface area contributed by atoms with Gasteiger partial charge in [0.2, 0.25) is 15.9 Å². The fourth-order valence-corrected chi connectivity index (χ4v) is 6.62. The first-order valence-corrected chi connectivity index (χ1v) is 13.1. The molecule has 0 unspecified atom stereocenters. The molecule has 1 saturated heterocycles. The summed E-state index contributed by atoms with van der Waals surface area (Å²) in [7, 11) is -3.80. The van der Waals surface area contributed by atoms with E-state index in [9.17, 15) is 18.0 Å². The minimum atomic E-state index is -3.80. The maximum absolute atomic E-state index is 13.5. The Balaban J connectivity index is 1.49. The molecule has 2 atom stereocenters. The van der Waals surface area contributed by atoms with Crippen LogP contribution >= 0.6 is 0 Å². The van der Waals surface area contributed by atoms with Gasteiger partial charge < -0.3 is 15.4 Å². The number of hydrogen-bond donors (Lipinski definition) is 2. The number of hydrogen-bond acceptors (Lipinski definition) is 5. The minimum Gasteiger partial charge on any atom is -0.479 e. The van der Waals surface area contributed by atoms with E-state index in [1.165, 1.54) is 23.2 Å². The lowest BCUT2D eigenvalue weighted by atomic mass is 9.97. The van der Waals surface area contributed by atoms with Crippen LogP contribution in [-0.2, 0) is 19.6 Å². The standard InChI is InChI=1S/C23H33N3O5S/c1-15-12-19-20(31-16(2)22(27)25-19)13-21(15)32(29,30)26-11-7-8-17(14-26)23(28)24-18-9-5-3-4-6-10-18/h12-13,16-18H,3-11,14H2,1-2H3,(H,24,28)(H,25,27)/t16-,17+/m0/s1. The van der Waals surface area contributed by atoms with Crippen molar-refractivity contribution >= 4 is 27.5 Å². The Kier molecular flexibility index (Phi) is 6.76. The first kappa shape index (κ1) is 23.0. The Labute approximate surface area is 190 Å². The SMILES string of the molecule is Cc1cc2c(cc1S(=O)(=O)N1CCC[C@@H](C(=O)NC3CCCCCC3)C1)O[C@@H](C)C(=O)N2. The number of anilines is 1. The van der Waals surface area contributed by atoms with Crippen molar-refractivity contribution in [2.75, 3.05) is 18.4 Å². The molecule has 1 saturated carbocycles. The molecule has 0 radical (unpaired) electrons. The van der Waals surface area contributed by atoms with Crippen molar-refractivity contribution in [1.82, 2.24) is 9.62 Å². The summed E-state index contributed by atoms with van der Waals surface area (Å²) in [6.45, 7) is 3.90. The third kappa shape index (κ3) is 4.78. The molecule has 2 aliphatic heterocycles. The predicted molar refractivity (Wildman–Crippen MR) is 121 cm³/mol. The first-order valence-electron chi connectivity index (χ1n) is 11.7. The zero-order valence-electron chi connectivity index (χ0n) is 18.9. The van der Waals surface area contributed by atoms with E-state index in [1.807, 2.05) is 0 Å². The van der Waals surface area contributed by atoms with E-state index in [1.54, 1.807) is 19.9 Å². The first-order chi connectivity index (χ1) is 15.3. The molecule has 0 spiro atoms. The van der Waals surface area contributed by atoms with E-state index in [2.05, 4.69) is 10.6 Å². The fraction of sp³-hybridized carbons (Fsp3) is 0.652. The van der Waals surface area contributed by atoms with E-state index >= 15 is 0 Å². The molecule has 1 aromatic rings. The Hall–Kier alpha value is -2.13. The molecule has 1 aromatic carbocycles. The number of amides is 2. The summed E-state index contributed by atoms with van der Waals surface area (Å²) >= 11 is 0. The second-order valence-corrected chi connectivity index (χ2v) is 11.2. The highest BCUT2D eigenvalue weighted by atomic mass is 32.2. The Morgan fingerprint density at radius 3 is 2.56 bits per heavy atom. The molecule has 32 heavy (non-hydrogen) atoms. The third-order valence-electron chi connectivity index (χ3n) is 6.78. The van der Waals surface area contributed by atoms with Crippen LogP contribution in [0.25, 0.3) is 0 Å². The van der Waals surface area contributed by atoms with Crippen LogP contribution in [-0.4, -0.2) is 49.8 Å². The maximum Gasteiger partial charge on any atom is 0.265 e. The highest BCUT2D eigenvalue weighted by Gasteiger charge is 2.36. The monoisotopic (exact) mass is 463 g/mol. The van der Waals surface area contributed by atoms with Gasteiger partial charge in [0.25, 0.3) is 5.91 Å². The summed E-state index contributed by atoms with van der Waals surface area (Å²) in [6, 6.07) is 3.33. The number of ether oxygens (including phenoxy) is 1. The van der Waals surface area contributed by atoms with Crippen LogP contribution in [0.15, 0.2) is 17.0 Å². The number of nitrogens with zero attached hydrogens (tertiary/aromatic N) is 1. The van der Waals surface area contributed by atoms with Crippen molar-refractivity contribution in [3.05, 3.63) is 17.7 Å². The van der Waals surface area contributed by atoms with Gasteiger partial charge in [-0.1, -0.05) is 25.7 Å². The van der Waals surface area contributed by atoms with E-state index in [0.29, 0.717) is 36.4 Å². The molecule has 3 aliphatic rings. The molecule has 2 heterocycles. The van der Waals surface area contributed by atoms with Crippen LogP contribution < -0.4 is 15.4 Å². The van der Waals surface area contributed by atoms with Gasteiger partial charge in [-0.05, 0) is 51.2 Å². The molecule has 0 aromatic heterocycles. The summed E-state index contributed by atoms with van der Waals surface area (Å²) in [5, 5.41) is 5.93. The van der Waals surface area contributed by atoms with Crippen LogP contribution in [0.1, 0.15) is 63.9 Å². The summed E-state index contributed by atoms with van der Waals surface area (Å²) in [5.41, 5.74) is 1.01. The van der Waals surface area contributed by atoms with Crippen LogP contribution in [0.3, 0.4) is 0 Å². The van der Waals surface area contributed by atoms with Crippen molar-refractivity contribution in [1.29, 1.82) is 0 Å². The molecular formula is C23H33N3O5S. The van der Waals surface area contributed by atoms with Gasteiger partial charge in [-0.2, -0.15) is 4.31 Å². The topological polar surface area (TPSA) is 105 Å². The van der Waals surface area contributed by atoms with Crippen molar-refractivity contribution in [2.24, 2.45) is 5.92 Å². The van der Waals surface area contributed by atoms with E-state index in [0.717, 1.165) is 25.7 Å². The lowest BCUT2D eigenvalue weighted by Gasteiger charge is -2.33. The number of piperidine rings is 1. The number of carbonyl (C=O) groups is 2. The van der Waals surface area contributed by atoms with E-state index < -0.39 is 16.1 Å². The van der Waals surface area contributed by atoms with E-state index in [4.69, 9.17) is 4.74 Å². The fourth-order valence-electron chi connectivity index (χ4n) is 4.88. The summed E-state index contributed by atoms with van der Waals surface area (Å²) < 4.78 is 34.0. The average molecular weight is 464 g/mol. The van der Waals surface area contributed by atoms with Gasteiger partial charge in [0, 0.05) is 25.2 Å². The van der Waals surface area contributed by atoms with Crippen molar-refractivity contribution in [2.45, 2.75) is 82.3 Å². The van der Waals surface area contributed by atoms with Gasteiger partial charge >= 0.3 is 0 Å².